The maximum atomic E-state index is 2.31. The number of hydrogen-bond acceptors (Lipinski definition) is 0. The predicted molar refractivity (Wildman–Crippen MR) is 46.5 cm³/mol. The van der Waals surface area contributed by atoms with Crippen LogP contribution in [-0.2, 0) is 6.54 Å². The van der Waals surface area contributed by atoms with Gasteiger partial charge in [-0.25, -0.2) is 4.57 Å². The van der Waals surface area contributed by atoms with E-state index in [1.54, 1.807) is 0 Å². The Morgan fingerprint density at radius 2 is 1.50 bits per heavy atom. The van der Waals surface area contributed by atoms with Crippen LogP contribution in [0, 0.1) is 20.8 Å². The van der Waals surface area contributed by atoms with E-state index in [9.17, 15) is 0 Å². The van der Waals surface area contributed by atoms with Crippen molar-refractivity contribution in [1.29, 1.82) is 0 Å². The normalized spacial score (nSPS) is 9.33. The Kier molecular flexibility index (Phi) is 4.25. The van der Waals surface area contributed by atoms with Crippen molar-refractivity contribution in [2.75, 3.05) is 0 Å². The van der Waals surface area contributed by atoms with Crippen LogP contribution in [0.2, 0.25) is 0 Å². The fourth-order valence-electron chi connectivity index (χ4n) is 1.63. The smallest absolute Gasteiger partial charge is 0.178 e. The van der Waals surface area contributed by atoms with Crippen LogP contribution in [0.25, 0.3) is 0 Å². The zero-order chi connectivity index (χ0) is 8.43. The fraction of sp³-hybridized carbons (Fsp3) is 0.500. The van der Waals surface area contributed by atoms with Crippen molar-refractivity contribution in [2.24, 2.45) is 0 Å². The van der Waals surface area contributed by atoms with Gasteiger partial charge in [-0.2, -0.15) is 0 Å². The minimum atomic E-state index is 0. The van der Waals surface area contributed by atoms with Crippen LogP contribution in [0.1, 0.15) is 23.9 Å². The highest BCUT2D eigenvalue weighted by Crippen LogP contribution is 2.00. The molecule has 1 aromatic heterocycles. The highest BCUT2D eigenvalue weighted by molar-refractivity contribution is 5.13. The van der Waals surface area contributed by atoms with Crippen molar-refractivity contribution in [3.8, 4) is 0 Å². The Balaban J connectivity index is 0.00000121. The summed E-state index contributed by atoms with van der Waals surface area (Å²) in [6, 6.07) is 4.44. The van der Waals surface area contributed by atoms with Crippen molar-refractivity contribution in [3.63, 3.8) is 0 Å². The van der Waals surface area contributed by atoms with Gasteiger partial charge in [0.2, 0.25) is 0 Å². The molecule has 1 rings (SSSR count). The molecule has 0 bridgehead atoms. The molecule has 0 fully saturated rings. The molecule has 0 aromatic carbocycles. The number of aryl methyl sites for hydroxylation is 3. The summed E-state index contributed by atoms with van der Waals surface area (Å²) in [5.41, 5.74) is 4.06. The summed E-state index contributed by atoms with van der Waals surface area (Å²) in [5, 5.41) is 0. The van der Waals surface area contributed by atoms with Crippen LogP contribution < -0.4 is 17.0 Å². The molecular weight excluding hydrogens is 170 g/mol. The SMILES string of the molecule is CC[n+]1c(C)cc(C)cc1C.[Cl-]. The molecule has 2 heteroatoms. The van der Waals surface area contributed by atoms with E-state index in [1.165, 1.54) is 17.0 Å². The number of nitrogens with zero attached hydrogens (tertiary/aromatic N) is 1. The second-order valence-electron chi connectivity index (χ2n) is 3.06. The lowest BCUT2D eigenvalue weighted by Gasteiger charge is -2.01. The van der Waals surface area contributed by atoms with Crippen LogP contribution in [0.5, 0.6) is 0 Å². The minimum absolute atomic E-state index is 0. The van der Waals surface area contributed by atoms with Crippen molar-refractivity contribution >= 4 is 0 Å². The average molecular weight is 186 g/mol. The lowest BCUT2D eigenvalue weighted by molar-refractivity contribution is -0.705. The van der Waals surface area contributed by atoms with Gasteiger partial charge in [-0.05, 0) is 19.4 Å². The summed E-state index contributed by atoms with van der Waals surface area (Å²) in [5.74, 6) is 0. The Labute approximate surface area is 80.8 Å². The van der Waals surface area contributed by atoms with E-state index in [0.29, 0.717) is 0 Å². The summed E-state index contributed by atoms with van der Waals surface area (Å²) in [6.07, 6.45) is 0. The van der Waals surface area contributed by atoms with Crippen molar-refractivity contribution in [3.05, 3.63) is 29.1 Å². The summed E-state index contributed by atoms with van der Waals surface area (Å²) in [6.45, 7) is 9.69. The van der Waals surface area contributed by atoms with E-state index in [4.69, 9.17) is 0 Å². The maximum absolute atomic E-state index is 2.31. The first-order valence-corrected chi connectivity index (χ1v) is 4.13. The lowest BCUT2D eigenvalue weighted by Crippen LogP contribution is -3.00. The first kappa shape index (κ1) is 11.4. The molecule has 1 nitrogen and oxygen atoms in total. The monoisotopic (exact) mass is 185 g/mol. The predicted octanol–water partition coefficient (Wildman–Crippen LogP) is -1.08. The van der Waals surface area contributed by atoms with Crippen LogP contribution >= 0.6 is 0 Å². The van der Waals surface area contributed by atoms with Gasteiger partial charge in [0.25, 0.3) is 0 Å². The molecule has 1 aromatic rings. The Morgan fingerprint density at radius 3 is 1.83 bits per heavy atom. The molecule has 1 heterocycles. The fourth-order valence-corrected chi connectivity index (χ4v) is 1.63. The Morgan fingerprint density at radius 1 is 1.08 bits per heavy atom. The number of pyridine rings is 1. The van der Waals surface area contributed by atoms with E-state index in [2.05, 4.69) is 44.4 Å². The number of halogens is 1. The van der Waals surface area contributed by atoms with Gasteiger partial charge in [-0.15, -0.1) is 0 Å². The van der Waals surface area contributed by atoms with Gasteiger partial charge < -0.3 is 12.4 Å². The second-order valence-corrected chi connectivity index (χ2v) is 3.06. The highest BCUT2D eigenvalue weighted by atomic mass is 35.5. The summed E-state index contributed by atoms with van der Waals surface area (Å²) in [4.78, 5) is 0. The largest absolute Gasteiger partial charge is 1.00 e. The molecule has 12 heavy (non-hydrogen) atoms. The zero-order valence-corrected chi connectivity index (χ0v) is 8.94. The topological polar surface area (TPSA) is 3.88 Å². The average Bonchev–Trinajstić information content (AvgIpc) is 1.85. The molecule has 0 unspecified atom stereocenters. The Bertz CT molecular complexity index is 246. The quantitative estimate of drug-likeness (QED) is 0.491. The van der Waals surface area contributed by atoms with Gasteiger partial charge in [0.1, 0.15) is 6.54 Å². The standard InChI is InChI=1S/C10H16N.ClH/c1-5-11-9(3)6-8(2)7-10(11)4;/h6-7H,5H2,1-4H3;1H/q+1;/p-1. The number of aromatic nitrogens is 1. The van der Waals surface area contributed by atoms with Gasteiger partial charge in [-0.3, -0.25) is 0 Å². The summed E-state index contributed by atoms with van der Waals surface area (Å²) >= 11 is 0. The summed E-state index contributed by atoms with van der Waals surface area (Å²) in [7, 11) is 0. The third-order valence-electron chi connectivity index (χ3n) is 2.04. The molecule has 0 N–H and O–H groups in total. The molecule has 0 amide bonds. The van der Waals surface area contributed by atoms with E-state index < -0.39 is 0 Å². The number of rotatable bonds is 1. The van der Waals surface area contributed by atoms with Crippen LogP contribution in [0.4, 0.5) is 0 Å². The van der Waals surface area contributed by atoms with E-state index in [1.807, 2.05) is 0 Å². The van der Waals surface area contributed by atoms with Gasteiger partial charge in [0, 0.05) is 26.0 Å². The summed E-state index contributed by atoms with van der Waals surface area (Å²) < 4.78 is 2.31. The van der Waals surface area contributed by atoms with Gasteiger partial charge in [-0.1, -0.05) is 0 Å². The second kappa shape index (κ2) is 4.46. The zero-order valence-electron chi connectivity index (χ0n) is 8.19. The molecule has 68 valence electrons. The van der Waals surface area contributed by atoms with E-state index in [-0.39, 0.29) is 12.4 Å². The highest BCUT2D eigenvalue weighted by Gasteiger charge is 2.07. The molecule has 0 atom stereocenters. The molecule has 0 aliphatic rings. The first-order chi connectivity index (χ1) is 5.15. The molecule has 0 aliphatic heterocycles. The molecule has 0 saturated heterocycles. The van der Waals surface area contributed by atoms with Crippen molar-refractivity contribution in [2.45, 2.75) is 34.2 Å². The van der Waals surface area contributed by atoms with Gasteiger partial charge in [0.15, 0.2) is 11.4 Å². The van der Waals surface area contributed by atoms with E-state index in [0.717, 1.165) is 6.54 Å². The maximum Gasteiger partial charge on any atom is 0.178 e. The molecule has 0 aliphatic carbocycles. The molecule has 0 spiro atoms. The van der Waals surface area contributed by atoms with Crippen molar-refractivity contribution in [1.82, 2.24) is 0 Å². The van der Waals surface area contributed by atoms with Crippen LogP contribution in [0.3, 0.4) is 0 Å². The Hall–Kier alpha value is -0.560. The minimum Gasteiger partial charge on any atom is -1.00 e. The van der Waals surface area contributed by atoms with Gasteiger partial charge >= 0.3 is 0 Å². The van der Waals surface area contributed by atoms with Crippen LogP contribution in [-0.4, -0.2) is 0 Å². The molecule has 0 radical (unpaired) electrons. The van der Waals surface area contributed by atoms with Gasteiger partial charge in [0.05, 0.1) is 0 Å². The lowest BCUT2D eigenvalue weighted by atomic mass is 10.2. The molecule has 0 saturated carbocycles. The first-order valence-electron chi connectivity index (χ1n) is 4.13. The third kappa shape index (κ3) is 2.21. The van der Waals surface area contributed by atoms with Crippen LogP contribution in [0.15, 0.2) is 12.1 Å². The third-order valence-corrected chi connectivity index (χ3v) is 2.04. The number of hydrogen-bond donors (Lipinski definition) is 0. The van der Waals surface area contributed by atoms with Crippen molar-refractivity contribution < 1.29 is 17.0 Å². The molecular formula is C10H16ClN. The van der Waals surface area contributed by atoms with E-state index >= 15 is 0 Å².